The summed E-state index contributed by atoms with van der Waals surface area (Å²) in [6.45, 7) is 8.43. The maximum absolute atomic E-state index is 12.1. The van der Waals surface area contributed by atoms with E-state index in [2.05, 4.69) is 44.1 Å². The molecule has 4 heteroatoms. The molecule has 0 radical (unpaired) electrons. The Labute approximate surface area is 106 Å². The fourth-order valence-electron chi connectivity index (χ4n) is 2.32. The van der Waals surface area contributed by atoms with Gasteiger partial charge in [0, 0.05) is 11.6 Å². The van der Waals surface area contributed by atoms with Crippen molar-refractivity contribution in [2.45, 2.75) is 27.7 Å². The lowest BCUT2D eigenvalue weighted by Gasteiger charge is -2.02. The molecule has 0 bridgehead atoms. The number of carbonyl (C=O) groups excluding carboxylic acids is 1. The molecule has 0 aliphatic heterocycles. The van der Waals surface area contributed by atoms with Crippen LogP contribution in [-0.4, -0.2) is 10.9 Å². The Morgan fingerprint density at radius 3 is 2.76 bits per heavy atom. The predicted octanol–water partition coefficient (Wildman–Crippen LogP) is 3.32. The number of anilines is 1. The number of allylic oxidation sites excluding steroid dienone is 2. The second-order valence-electron chi connectivity index (χ2n) is 5.40. The van der Waals surface area contributed by atoms with E-state index in [0.29, 0.717) is 11.0 Å². The molecular formula is C13H18N2OS. The average Bonchev–Trinajstić information content (AvgIpc) is 2.64. The Balaban J connectivity index is 2.04. The molecule has 0 saturated heterocycles. The van der Waals surface area contributed by atoms with Crippen molar-refractivity contribution in [3.63, 3.8) is 0 Å². The summed E-state index contributed by atoms with van der Waals surface area (Å²) in [5.74, 6) is 0.515. The first-order valence-electron chi connectivity index (χ1n) is 5.78. The fraction of sp³-hybridized carbons (Fsp3) is 0.538. The van der Waals surface area contributed by atoms with Crippen LogP contribution in [-0.2, 0) is 4.79 Å². The molecule has 1 aromatic heterocycles. The second-order valence-corrected chi connectivity index (χ2v) is 6.29. The summed E-state index contributed by atoms with van der Waals surface area (Å²) in [6, 6.07) is 0. The number of thiazole rings is 1. The van der Waals surface area contributed by atoms with Crippen LogP contribution >= 0.6 is 11.3 Å². The quantitative estimate of drug-likeness (QED) is 0.836. The zero-order chi connectivity index (χ0) is 12.6. The molecule has 1 fully saturated rings. The van der Waals surface area contributed by atoms with Crippen LogP contribution in [0.3, 0.4) is 0 Å². The molecule has 2 rings (SSSR count). The number of nitrogens with one attached hydrogen (secondary N) is 1. The van der Waals surface area contributed by atoms with E-state index in [0.717, 1.165) is 0 Å². The van der Waals surface area contributed by atoms with Gasteiger partial charge in [0.25, 0.3) is 0 Å². The monoisotopic (exact) mass is 250 g/mol. The van der Waals surface area contributed by atoms with Crippen molar-refractivity contribution in [1.82, 2.24) is 4.98 Å². The van der Waals surface area contributed by atoms with Crippen molar-refractivity contribution in [2.24, 2.45) is 17.3 Å². The van der Waals surface area contributed by atoms with Gasteiger partial charge in [0.05, 0.1) is 5.92 Å². The minimum absolute atomic E-state index is 0.0681. The lowest BCUT2D eigenvalue weighted by Crippen LogP contribution is -2.16. The first-order chi connectivity index (χ1) is 7.93. The van der Waals surface area contributed by atoms with E-state index in [1.807, 2.05) is 5.38 Å². The van der Waals surface area contributed by atoms with Gasteiger partial charge in [-0.2, -0.15) is 0 Å². The molecule has 17 heavy (non-hydrogen) atoms. The molecule has 1 aromatic rings. The lowest BCUT2D eigenvalue weighted by molar-refractivity contribution is -0.118. The van der Waals surface area contributed by atoms with Gasteiger partial charge in [-0.05, 0) is 25.2 Å². The lowest BCUT2D eigenvalue weighted by atomic mass is 10.1. The first kappa shape index (κ1) is 12.3. The van der Waals surface area contributed by atoms with Crippen molar-refractivity contribution in [3.8, 4) is 0 Å². The molecule has 2 atom stereocenters. The zero-order valence-corrected chi connectivity index (χ0v) is 11.5. The Kier molecular flexibility index (Phi) is 3.08. The molecule has 1 aliphatic rings. The van der Waals surface area contributed by atoms with Crippen LogP contribution < -0.4 is 5.32 Å². The van der Waals surface area contributed by atoms with E-state index in [9.17, 15) is 4.79 Å². The van der Waals surface area contributed by atoms with Crippen molar-refractivity contribution in [1.29, 1.82) is 0 Å². The molecule has 1 N–H and O–H groups in total. The van der Waals surface area contributed by atoms with Crippen molar-refractivity contribution in [2.75, 3.05) is 5.32 Å². The first-order valence-corrected chi connectivity index (χ1v) is 6.66. The molecule has 1 saturated carbocycles. The van der Waals surface area contributed by atoms with Gasteiger partial charge in [-0.25, -0.2) is 4.98 Å². The number of rotatable bonds is 3. The molecule has 0 aromatic carbocycles. The van der Waals surface area contributed by atoms with Crippen molar-refractivity contribution >= 4 is 22.4 Å². The van der Waals surface area contributed by atoms with Gasteiger partial charge >= 0.3 is 0 Å². The van der Waals surface area contributed by atoms with E-state index >= 15 is 0 Å². The normalized spacial score (nSPS) is 25.2. The Hall–Kier alpha value is -1.16. The van der Waals surface area contributed by atoms with E-state index in [1.165, 1.54) is 16.9 Å². The number of hydrogen-bond donors (Lipinski definition) is 1. The van der Waals surface area contributed by atoms with Crippen LogP contribution in [0, 0.1) is 17.3 Å². The average molecular weight is 250 g/mol. The Morgan fingerprint density at radius 2 is 2.24 bits per heavy atom. The highest BCUT2D eigenvalue weighted by atomic mass is 32.1. The number of nitrogens with zero attached hydrogens (tertiary/aromatic N) is 1. The Morgan fingerprint density at radius 1 is 1.53 bits per heavy atom. The molecule has 1 aliphatic carbocycles. The Bertz CT molecular complexity index is 444. The summed E-state index contributed by atoms with van der Waals surface area (Å²) >= 11 is 1.45. The summed E-state index contributed by atoms with van der Waals surface area (Å²) in [7, 11) is 0. The number of aromatic nitrogens is 1. The highest BCUT2D eigenvalue weighted by molar-refractivity contribution is 7.13. The third-order valence-electron chi connectivity index (χ3n) is 3.37. The maximum atomic E-state index is 12.1. The SMILES string of the molecule is CC(C)=C[C@H]1[C@H](C(=O)Nc2nccs2)C1(C)C. The molecule has 3 nitrogen and oxygen atoms in total. The predicted molar refractivity (Wildman–Crippen MR) is 70.9 cm³/mol. The minimum Gasteiger partial charge on any atom is -0.302 e. The third kappa shape index (κ3) is 2.41. The molecule has 0 spiro atoms. The summed E-state index contributed by atoms with van der Waals surface area (Å²) in [6.07, 6.45) is 3.90. The van der Waals surface area contributed by atoms with Crippen LogP contribution in [0.15, 0.2) is 23.2 Å². The largest absolute Gasteiger partial charge is 0.302 e. The standard InChI is InChI=1S/C13H18N2OS/c1-8(2)7-9-10(13(9,3)4)11(16)15-12-14-5-6-17-12/h5-7,9-10H,1-4H3,(H,14,15,16)/t9-,10+/m0/s1. The zero-order valence-electron chi connectivity index (χ0n) is 10.7. The summed E-state index contributed by atoms with van der Waals surface area (Å²) in [5, 5.41) is 5.43. The van der Waals surface area contributed by atoms with Crippen LogP contribution in [0.2, 0.25) is 0 Å². The summed E-state index contributed by atoms with van der Waals surface area (Å²) in [4.78, 5) is 16.2. The number of carbonyl (C=O) groups is 1. The van der Waals surface area contributed by atoms with Gasteiger partial charge in [-0.15, -0.1) is 11.3 Å². The fourth-order valence-corrected chi connectivity index (χ4v) is 2.85. The van der Waals surface area contributed by atoms with E-state index in [1.54, 1.807) is 6.20 Å². The van der Waals surface area contributed by atoms with Gasteiger partial charge in [0.1, 0.15) is 0 Å². The van der Waals surface area contributed by atoms with Crippen molar-refractivity contribution < 1.29 is 4.79 Å². The topological polar surface area (TPSA) is 42.0 Å². The van der Waals surface area contributed by atoms with Gasteiger partial charge < -0.3 is 5.32 Å². The van der Waals surface area contributed by atoms with Gasteiger partial charge in [0.15, 0.2) is 5.13 Å². The number of amides is 1. The molecule has 92 valence electrons. The third-order valence-corrected chi connectivity index (χ3v) is 4.06. The summed E-state index contributed by atoms with van der Waals surface area (Å²) in [5.41, 5.74) is 1.34. The number of hydrogen-bond acceptors (Lipinski definition) is 3. The summed E-state index contributed by atoms with van der Waals surface area (Å²) < 4.78 is 0. The molecule has 1 amide bonds. The van der Waals surface area contributed by atoms with Gasteiger partial charge in [0.2, 0.25) is 5.91 Å². The van der Waals surface area contributed by atoms with Crippen LogP contribution in [0.5, 0.6) is 0 Å². The van der Waals surface area contributed by atoms with Gasteiger partial charge in [-0.3, -0.25) is 4.79 Å². The maximum Gasteiger partial charge on any atom is 0.230 e. The second kappa shape index (κ2) is 4.26. The van der Waals surface area contributed by atoms with E-state index in [4.69, 9.17) is 0 Å². The molecular weight excluding hydrogens is 232 g/mol. The van der Waals surface area contributed by atoms with Gasteiger partial charge in [-0.1, -0.05) is 25.5 Å². The minimum atomic E-state index is 0.0681. The van der Waals surface area contributed by atoms with Crippen LogP contribution in [0.4, 0.5) is 5.13 Å². The highest BCUT2D eigenvalue weighted by Crippen LogP contribution is 2.59. The van der Waals surface area contributed by atoms with E-state index in [-0.39, 0.29) is 17.2 Å². The molecule has 0 unspecified atom stereocenters. The van der Waals surface area contributed by atoms with E-state index < -0.39 is 0 Å². The molecule has 1 heterocycles. The van der Waals surface area contributed by atoms with Crippen LogP contribution in [0.1, 0.15) is 27.7 Å². The van der Waals surface area contributed by atoms with Crippen molar-refractivity contribution in [3.05, 3.63) is 23.2 Å². The smallest absolute Gasteiger partial charge is 0.230 e. The van der Waals surface area contributed by atoms with Crippen LogP contribution in [0.25, 0.3) is 0 Å². The highest BCUT2D eigenvalue weighted by Gasteiger charge is 2.60.